The highest BCUT2D eigenvalue weighted by Gasteiger charge is 2.85. The van der Waals surface area contributed by atoms with E-state index in [1.807, 2.05) is 0 Å². The van der Waals surface area contributed by atoms with Gasteiger partial charge in [-0.15, -0.1) is 0 Å². The topological polar surface area (TPSA) is 20.2 Å². The van der Waals surface area contributed by atoms with Gasteiger partial charge in [-0.05, 0) is 85.5 Å². The SMILES string of the molecule is CC(C)CCC[C@@H](C)[C@H]1CC[C@H]2[C@@H]3CC=C4C(F)C(O)(F)C(F)(F)C(F)(F)[C@]4(C)[C@H]3CC[C@]12C. The third kappa shape index (κ3) is 3.23. The van der Waals surface area contributed by atoms with E-state index >= 15 is 8.78 Å². The van der Waals surface area contributed by atoms with E-state index in [1.54, 1.807) is 0 Å². The van der Waals surface area contributed by atoms with Crippen LogP contribution >= 0.6 is 0 Å². The second-order valence-electron chi connectivity index (χ2n) is 12.7. The Morgan fingerprint density at radius 2 is 1.59 bits per heavy atom. The van der Waals surface area contributed by atoms with E-state index in [-0.39, 0.29) is 30.1 Å². The molecule has 1 nitrogen and oxygen atoms in total. The molecular weight excluding hydrogens is 454 g/mol. The van der Waals surface area contributed by atoms with Gasteiger partial charge in [0.15, 0.2) is 6.17 Å². The van der Waals surface area contributed by atoms with Gasteiger partial charge in [-0.1, -0.05) is 53.0 Å². The molecule has 7 heteroatoms. The summed E-state index contributed by atoms with van der Waals surface area (Å²) in [5, 5.41) is 9.54. The monoisotopic (exact) mass is 494 g/mol. The van der Waals surface area contributed by atoms with Crippen LogP contribution in [0.25, 0.3) is 0 Å². The summed E-state index contributed by atoms with van der Waals surface area (Å²) in [5.41, 5.74) is -3.28. The van der Waals surface area contributed by atoms with Gasteiger partial charge in [-0.3, -0.25) is 0 Å². The first-order valence-electron chi connectivity index (χ1n) is 13.1. The number of rotatable bonds is 5. The number of allylic oxidation sites excluding steroid dienone is 1. The zero-order chi connectivity index (χ0) is 25.5. The minimum atomic E-state index is -5.52. The van der Waals surface area contributed by atoms with Crippen molar-refractivity contribution < 1.29 is 31.4 Å². The molecule has 2 unspecified atom stereocenters. The highest BCUT2D eigenvalue weighted by atomic mass is 19.3. The van der Waals surface area contributed by atoms with Crippen LogP contribution in [0.2, 0.25) is 0 Å². The maximum absolute atomic E-state index is 15.4. The molecule has 0 aliphatic heterocycles. The maximum Gasteiger partial charge on any atom is 0.371 e. The van der Waals surface area contributed by atoms with Crippen LogP contribution < -0.4 is 0 Å². The molecule has 196 valence electrons. The first-order chi connectivity index (χ1) is 15.5. The van der Waals surface area contributed by atoms with Gasteiger partial charge in [0.05, 0.1) is 5.41 Å². The van der Waals surface area contributed by atoms with Gasteiger partial charge in [-0.25, -0.2) is 8.78 Å². The van der Waals surface area contributed by atoms with Crippen molar-refractivity contribution in [3.63, 3.8) is 0 Å². The molecule has 0 saturated heterocycles. The lowest BCUT2D eigenvalue weighted by atomic mass is 9.45. The van der Waals surface area contributed by atoms with Crippen molar-refractivity contribution in [3.05, 3.63) is 11.6 Å². The summed E-state index contributed by atoms with van der Waals surface area (Å²) in [5.74, 6) is -14.8. The summed E-state index contributed by atoms with van der Waals surface area (Å²) >= 11 is 0. The predicted molar refractivity (Wildman–Crippen MR) is 120 cm³/mol. The van der Waals surface area contributed by atoms with Gasteiger partial charge in [0.1, 0.15) is 0 Å². The largest absolute Gasteiger partial charge is 0.371 e. The van der Waals surface area contributed by atoms with E-state index in [2.05, 4.69) is 27.7 Å². The summed E-state index contributed by atoms with van der Waals surface area (Å²) in [6, 6.07) is 0. The van der Waals surface area contributed by atoms with Crippen LogP contribution in [-0.4, -0.2) is 29.0 Å². The number of fused-ring (bicyclic) bond motifs is 5. The van der Waals surface area contributed by atoms with Crippen LogP contribution in [0.4, 0.5) is 26.3 Å². The maximum atomic E-state index is 15.4. The van der Waals surface area contributed by atoms with Gasteiger partial charge in [-0.2, -0.15) is 17.6 Å². The molecule has 0 aromatic rings. The van der Waals surface area contributed by atoms with Crippen LogP contribution in [0.5, 0.6) is 0 Å². The lowest BCUT2D eigenvalue weighted by Crippen LogP contribution is -2.74. The third-order valence-corrected chi connectivity index (χ3v) is 10.7. The van der Waals surface area contributed by atoms with Gasteiger partial charge in [0.25, 0.3) is 0 Å². The molecule has 4 rings (SSSR count). The highest BCUT2D eigenvalue weighted by Crippen LogP contribution is 2.73. The molecular formula is C27H40F6O. The van der Waals surface area contributed by atoms with E-state index in [0.29, 0.717) is 24.2 Å². The van der Waals surface area contributed by atoms with Gasteiger partial charge >= 0.3 is 17.7 Å². The van der Waals surface area contributed by atoms with Crippen molar-refractivity contribution in [2.24, 2.45) is 46.3 Å². The first-order valence-corrected chi connectivity index (χ1v) is 13.1. The van der Waals surface area contributed by atoms with Crippen LogP contribution in [0.15, 0.2) is 11.6 Å². The molecule has 34 heavy (non-hydrogen) atoms. The molecule has 3 fully saturated rings. The number of alkyl halides is 6. The third-order valence-electron chi connectivity index (χ3n) is 10.7. The highest BCUT2D eigenvalue weighted by molar-refractivity contribution is 5.37. The number of aliphatic hydroxyl groups is 1. The summed E-state index contributed by atoms with van der Waals surface area (Å²) in [6.07, 6.45) is 4.49. The molecule has 0 amide bonds. The number of hydrogen-bond acceptors (Lipinski definition) is 1. The second kappa shape index (κ2) is 8.14. The van der Waals surface area contributed by atoms with E-state index in [4.69, 9.17) is 0 Å². The average molecular weight is 495 g/mol. The minimum absolute atomic E-state index is 0.0669. The number of halogens is 6. The number of hydrogen-bond donors (Lipinski definition) is 1. The van der Waals surface area contributed by atoms with Crippen molar-refractivity contribution in [3.8, 4) is 0 Å². The molecule has 0 aromatic carbocycles. The van der Waals surface area contributed by atoms with Crippen LogP contribution in [0, 0.1) is 46.3 Å². The summed E-state index contributed by atoms with van der Waals surface area (Å²) < 4.78 is 89.4. The zero-order valence-electron chi connectivity index (χ0n) is 21.0. The average Bonchev–Trinajstić information content (AvgIpc) is 3.09. The standard InChI is InChI=1S/C27H40F6O/c1-15(2)7-6-8-16(3)18-11-12-19-17-9-10-21-22(28)25(29,34)27(32,33)26(30,31)24(21,5)20(17)13-14-23(18,19)4/h10,15-20,22,34H,6-9,11-14H2,1-5H3/t16-,17+,18-,19+,20+,22?,23-,24-,25?/m1/s1. The van der Waals surface area contributed by atoms with E-state index < -0.39 is 40.8 Å². The van der Waals surface area contributed by atoms with E-state index in [0.717, 1.165) is 32.6 Å². The molecule has 0 radical (unpaired) electrons. The Labute approximate surface area is 199 Å². The predicted octanol–water partition coefficient (Wildman–Crippen LogP) is 8.12. The Kier molecular flexibility index (Phi) is 6.31. The summed E-state index contributed by atoms with van der Waals surface area (Å²) in [7, 11) is 0. The summed E-state index contributed by atoms with van der Waals surface area (Å²) in [4.78, 5) is 0. The molecule has 0 spiro atoms. The lowest BCUT2D eigenvalue weighted by Gasteiger charge is -2.62. The first kappa shape index (κ1) is 26.3. The quantitative estimate of drug-likeness (QED) is 0.302. The fraction of sp³-hybridized carbons (Fsp3) is 0.926. The van der Waals surface area contributed by atoms with Crippen LogP contribution in [0.3, 0.4) is 0 Å². The fourth-order valence-electron chi connectivity index (χ4n) is 8.74. The Balaban J connectivity index is 1.65. The van der Waals surface area contributed by atoms with Crippen molar-refractivity contribution in [1.82, 2.24) is 0 Å². The van der Waals surface area contributed by atoms with E-state index in [9.17, 15) is 22.7 Å². The lowest BCUT2D eigenvalue weighted by molar-refractivity contribution is -0.396. The smallest absolute Gasteiger partial charge is 0.354 e. The molecule has 0 heterocycles. The van der Waals surface area contributed by atoms with Gasteiger partial charge < -0.3 is 5.11 Å². The Bertz CT molecular complexity index is 822. The molecule has 3 saturated carbocycles. The van der Waals surface area contributed by atoms with Crippen LogP contribution in [0.1, 0.15) is 86.0 Å². The van der Waals surface area contributed by atoms with Crippen molar-refractivity contribution in [2.45, 2.75) is 110 Å². The molecule has 0 bridgehead atoms. The van der Waals surface area contributed by atoms with Crippen LogP contribution in [-0.2, 0) is 0 Å². The Morgan fingerprint density at radius 1 is 0.941 bits per heavy atom. The zero-order valence-corrected chi connectivity index (χ0v) is 21.0. The minimum Gasteiger partial charge on any atom is -0.354 e. The molecule has 1 N–H and O–H groups in total. The fourth-order valence-corrected chi connectivity index (χ4v) is 8.74. The second-order valence-corrected chi connectivity index (χ2v) is 12.7. The molecule has 9 atom stereocenters. The molecule has 4 aliphatic rings. The van der Waals surface area contributed by atoms with E-state index in [1.165, 1.54) is 12.5 Å². The van der Waals surface area contributed by atoms with Crippen molar-refractivity contribution in [2.75, 3.05) is 0 Å². The Morgan fingerprint density at radius 3 is 2.21 bits per heavy atom. The van der Waals surface area contributed by atoms with Gasteiger partial charge in [0.2, 0.25) is 0 Å². The normalized spacial score (nSPS) is 48.0. The Hall–Kier alpha value is -0.720. The summed E-state index contributed by atoms with van der Waals surface area (Å²) in [6.45, 7) is 9.91. The van der Waals surface area contributed by atoms with Crippen molar-refractivity contribution >= 4 is 0 Å². The van der Waals surface area contributed by atoms with Gasteiger partial charge in [0, 0.05) is 0 Å². The molecule has 0 aromatic heterocycles. The molecule has 4 aliphatic carbocycles. The van der Waals surface area contributed by atoms with Crippen molar-refractivity contribution in [1.29, 1.82) is 0 Å².